The molecule has 1 N–H and O–H groups in total. The van der Waals surface area contributed by atoms with Crippen LogP contribution in [0, 0.1) is 6.92 Å². The Morgan fingerprint density at radius 1 is 1.41 bits per heavy atom. The molecular weight excluding hydrogens is 398 g/mol. The predicted molar refractivity (Wildman–Crippen MR) is 115 cm³/mol. The molecule has 2 aromatic rings. The lowest BCUT2D eigenvalue weighted by Gasteiger charge is -2.14. The number of amides is 2. The number of carbonyl (C=O) groups excluding carboxylic acids is 2. The van der Waals surface area contributed by atoms with Crippen molar-refractivity contribution in [1.82, 2.24) is 9.88 Å². The van der Waals surface area contributed by atoms with Gasteiger partial charge in [0.1, 0.15) is 4.32 Å². The number of thioether (sulfide) groups is 1. The van der Waals surface area contributed by atoms with E-state index in [1.807, 2.05) is 13.0 Å². The molecule has 1 aromatic heterocycles. The molecule has 1 atom stereocenters. The van der Waals surface area contributed by atoms with Crippen LogP contribution in [0.5, 0.6) is 0 Å². The molecule has 0 bridgehead atoms. The van der Waals surface area contributed by atoms with E-state index < -0.39 is 0 Å². The molecule has 0 aliphatic carbocycles. The molecule has 0 spiro atoms. The SMILES string of the molecule is CCC1SC(=S)N(CCC(=O)Nc2ncc(Cc3cccc(C)c3)s2)C1=O. The minimum atomic E-state index is -0.160. The second kappa shape index (κ2) is 8.95. The van der Waals surface area contributed by atoms with Gasteiger partial charge in [0.05, 0.1) is 5.25 Å². The number of hydrogen-bond donors (Lipinski definition) is 1. The summed E-state index contributed by atoms with van der Waals surface area (Å²) < 4.78 is 0.564. The van der Waals surface area contributed by atoms with Crippen molar-refractivity contribution in [3.8, 4) is 0 Å². The summed E-state index contributed by atoms with van der Waals surface area (Å²) in [6, 6.07) is 8.34. The summed E-state index contributed by atoms with van der Waals surface area (Å²) >= 11 is 8.12. The maximum Gasteiger partial charge on any atom is 0.241 e. The van der Waals surface area contributed by atoms with Crippen LogP contribution in [-0.4, -0.2) is 37.8 Å². The Morgan fingerprint density at radius 3 is 2.93 bits per heavy atom. The molecule has 1 aromatic carbocycles. The van der Waals surface area contributed by atoms with Crippen molar-refractivity contribution in [2.45, 2.75) is 38.4 Å². The Balaban J connectivity index is 1.51. The van der Waals surface area contributed by atoms with Gasteiger partial charge >= 0.3 is 0 Å². The minimum Gasteiger partial charge on any atom is -0.302 e. The summed E-state index contributed by atoms with van der Waals surface area (Å²) in [6.07, 6.45) is 3.54. The van der Waals surface area contributed by atoms with E-state index >= 15 is 0 Å². The van der Waals surface area contributed by atoms with E-state index in [0.717, 1.165) is 17.7 Å². The van der Waals surface area contributed by atoms with E-state index in [1.54, 1.807) is 11.1 Å². The first-order chi connectivity index (χ1) is 13.0. The number of thiazole rings is 1. The van der Waals surface area contributed by atoms with Gasteiger partial charge in [-0.2, -0.15) is 0 Å². The first kappa shape index (κ1) is 20.0. The topological polar surface area (TPSA) is 62.3 Å². The van der Waals surface area contributed by atoms with Crippen LogP contribution in [0.4, 0.5) is 5.13 Å². The van der Waals surface area contributed by atoms with Gasteiger partial charge in [-0.3, -0.25) is 14.5 Å². The maximum atomic E-state index is 12.2. The van der Waals surface area contributed by atoms with E-state index in [0.29, 0.717) is 16.0 Å². The van der Waals surface area contributed by atoms with Crippen LogP contribution >= 0.6 is 35.3 Å². The van der Waals surface area contributed by atoms with Crippen molar-refractivity contribution in [2.75, 3.05) is 11.9 Å². The quantitative estimate of drug-likeness (QED) is 0.687. The number of carbonyl (C=O) groups is 2. The molecule has 27 heavy (non-hydrogen) atoms. The van der Waals surface area contributed by atoms with Crippen LogP contribution in [0.25, 0.3) is 0 Å². The summed E-state index contributed by atoms with van der Waals surface area (Å²) in [5.41, 5.74) is 2.45. The van der Waals surface area contributed by atoms with Crippen molar-refractivity contribution in [1.29, 1.82) is 0 Å². The van der Waals surface area contributed by atoms with E-state index in [9.17, 15) is 9.59 Å². The molecule has 8 heteroatoms. The third-order valence-electron chi connectivity index (χ3n) is 4.20. The molecule has 142 valence electrons. The van der Waals surface area contributed by atoms with Crippen LogP contribution in [0.3, 0.4) is 0 Å². The highest BCUT2D eigenvalue weighted by atomic mass is 32.2. The molecule has 2 amide bonds. The fourth-order valence-electron chi connectivity index (χ4n) is 2.82. The fourth-order valence-corrected chi connectivity index (χ4v) is 5.16. The number of aromatic nitrogens is 1. The zero-order chi connectivity index (χ0) is 19.4. The van der Waals surface area contributed by atoms with Crippen LogP contribution in [0.1, 0.15) is 35.8 Å². The molecule has 1 unspecified atom stereocenters. The second-order valence-electron chi connectivity index (χ2n) is 6.37. The fraction of sp³-hybridized carbons (Fsp3) is 0.368. The van der Waals surface area contributed by atoms with Gasteiger partial charge in [0.15, 0.2) is 5.13 Å². The average molecular weight is 420 g/mol. The van der Waals surface area contributed by atoms with Gasteiger partial charge in [0, 0.05) is 30.5 Å². The number of anilines is 1. The number of aryl methyl sites for hydroxylation is 1. The van der Waals surface area contributed by atoms with E-state index in [1.165, 1.54) is 34.2 Å². The Kier molecular flexibility index (Phi) is 6.62. The van der Waals surface area contributed by atoms with Crippen molar-refractivity contribution in [3.63, 3.8) is 0 Å². The summed E-state index contributed by atoms with van der Waals surface area (Å²) in [5.74, 6) is -0.151. The van der Waals surface area contributed by atoms with Gasteiger partial charge in [-0.1, -0.05) is 60.7 Å². The Bertz CT molecular complexity index is 865. The van der Waals surface area contributed by atoms with Crippen LogP contribution in [0.15, 0.2) is 30.5 Å². The van der Waals surface area contributed by atoms with Crippen LogP contribution in [0.2, 0.25) is 0 Å². The van der Waals surface area contributed by atoms with Crippen molar-refractivity contribution in [3.05, 3.63) is 46.5 Å². The first-order valence-electron chi connectivity index (χ1n) is 8.78. The highest BCUT2D eigenvalue weighted by Crippen LogP contribution is 2.29. The summed E-state index contributed by atoms with van der Waals surface area (Å²) in [5, 5.41) is 3.29. The van der Waals surface area contributed by atoms with E-state index in [-0.39, 0.29) is 23.5 Å². The maximum absolute atomic E-state index is 12.2. The monoisotopic (exact) mass is 419 g/mol. The molecule has 3 rings (SSSR count). The van der Waals surface area contributed by atoms with Gasteiger partial charge in [0.2, 0.25) is 11.8 Å². The third-order valence-corrected chi connectivity index (χ3v) is 6.86. The number of hydrogen-bond acceptors (Lipinski definition) is 6. The molecule has 1 aliphatic heterocycles. The van der Waals surface area contributed by atoms with Gasteiger partial charge in [-0.15, -0.1) is 11.3 Å². The van der Waals surface area contributed by atoms with Gasteiger partial charge in [-0.05, 0) is 18.9 Å². The van der Waals surface area contributed by atoms with E-state index in [4.69, 9.17) is 12.2 Å². The highest BCUT2D eigenvalue weighted by molar-refractivity contribution is 8.24. The summed E-state index contributed by atoms with van der Waals surface area (Å²) in [4.78, 5) is 31.3. The van der Waals surface area contributed by atoms with Gasteiger partial charge < -0.3 is 5.32 Å². The summed E-state index contributed by atoms with van der Waals surface area (Å²) in [6.45, 7) is 4.35. The standard InChI is InChI=1S/C19H21N3O2S3/c1-3-15-17(24)22(19(25)27-15)8-7-16(23)21-18-20-11-14(26-18)10-13-6-4-5-12(2)9-13/h4-6,9,11,15H,3,7-8,10H2,1-2H3,(H,20,21,23). The highest BCUT2D eigenvalue weighted by Gasteiger charge is 2.35. The molecule has 1 saturated heterocycles. The Morgan fingerprint density at radius 2 is 2.22 bits per heavy atom. The molecule has 2 heterocycles. The second-order valence-corrected chi connectivity index (χ2v) is 9.32. The van der Waals surface area contributed by atoms with Crippen molar-refractivity contribution >= 4 is 56.6 Å². The minimum absolute atomic E-state index is 0.00925. The molecule has 1 aliphatic rings. The van der Waals surface area contributed by atoms with Crippen LogP contribution in [-0.2, 0) is 16.0 Å². The number of rotatable bonds is 7. The van der Waals surface area contributed by atoms with Crippen LogP contribution < -0.4 is 5.32 Å². The number of nitrogens with zero attached hydrogens (tertiary/aromatic N) is 2. The smallest absolute Gasteiger partial charge is 0.241 e. The zero-order valence-electron chi connectivity index (χ0n) is 15.2. The number of benzene rings is 1. The van der Waals surface area contributed by atoms with Crippen molar-refractivity contribution < 1.29 is 9.59 Å². The largest absolute Gasteiger partial charge is 0.302 e. The lowest BCUT2D eigenvalue weighted by atomic mass is 10.1. The van der Waals surface area contributed by atoms with E-state index in [2.05, 4.69) is 35.4 Å². The molecule has 0 saturated carbocycles. The molecule has 1 fully saturated rings. The van der Waals surface area contributed by atoms with Gasteiger partial charge in [0.25, 0.3) is 0 Å². The normalized spacial score (nSPS) is 16.8. The zero-order valence-corrected chi connectivity index (χ0v) is 17.7. The molecule has 0 radical (unpaired) electrons. The Labute approximate surface area is 172 Å². The lowest BCUT2D eigenvalue weighted by Crippen LogP contribution is -2.33. The summed E-state index contributed by atoms with van der Waals surface area (Å²) in [7, 11) is 0. The Hall–Kier alpha value is -1.77. The first-order valence-corrected chi connectivity index (χ1v) is 10.9. The lowest BCUT2D eigenvalue weighted by molar-refractivity contribution is -0.126. The third kappa shape index (κ3) is 5.15. The molecule has 5 nitrogen and oxygen atoms in total. The average Bonchev–Trinajstić information content (AvgIpc) is 3.17. The number of thiocarbonyl (C=S) groups is 1. The van der Waals surface area contributed by atoms with Gasteiger partial charge in [-0.25, -0.2) is 4.98 Å². The van der Waals surface area contributed by atoms with Crippen molar-refractivity contribution in [2.24, 2.45) is 0 Å². The predicted octanol–water partition coefficient (Wildman–Crippen LogP) is 4.01. The number of nitrogens with one attached hydrogen (secondary N) is 1. The molecular formula is C19H21N3O2S3.